The molecule has 0 amide bonds. The largest absolute Gasteiger partial charge is 0.390 e. The molecule has 4 aliphatic rings. The van der Waals surface area contributed by atoms with Crippen LogP contribution in [0.15, 0.2) is 11.6 Å². The lowest BCUT2D eigenvalue weighted by molar-refractivity contribution is -0.184. The van der Waals surface area contributed by atoms with E-state index in [1.165, 1.54) is 0 Å². The van der Waals surface area contributed by atoms with Crippen molar-refractivity contribution in [3.63, 3.8) is 0 Å². The monoisotopic (exact) mass is 334 g/mol. The van der Waals surface area contributed by atoms with Crippen molar-refractivity contribution >= 4 is 11.6 Å². The number of hydrogen-bond acceptors (Lipinski definition) is 3. The van der Waals surface area contributed by atoms with E-state index in [-0.39, 0.29) is 29.8 Å². The van der Waals surface area contributed by atoms with Gasteiger partial charge in [-0.1, -0.05) is 19.4 Å². The van der Waals surface area contributed by atoms with Crippen LogP contribution in [0.2, 0.25) is 0 Å². The van der Waals surface area contributed by atoms with Gasteiger partial charge >= 0.3 is 0 Å². The van der Waals surface area contributed by atoms with Gasteiger partial charge in [-0.3, -0.25) is 9.59 Å². The van der Waals surface area contributed by atoms with Crippen molar-refractivity contribution in [3.8, 4) is 0 Å². The second kappa shape index (κ2) is 4.57. The topological polar surface area (TPSA) is 54.4 Å². The first-order valence-electron chi connectivity index (χ1n) is 9.25. The molecule has 0 heterocycles. The quantitative estimate of drug-likeness (QED) is 0.737. The normalized spacial score (nSPS) is 54.0. The summed E-state index contributed by atoms with van der Waals surface area (Å²) in [5.41, 5.74) is -3.35. The molecule has 0 aromatic heterocycles. The lowest BCUT2D eigenvalue weighted by atomic mass is 9.44. The number of ketones is 2. The average Bonchev–Trinajstić information content (AvgIpc) is 2.72. The van der Waals surface area contributed by atoms with Crippen LogP contribution in [-0.2, 0) is 9.59 Å². The Morgan fingerprint density at radius 1 is 1.08 bits per heavy atom. The van der Waals surface area contributed by atoms with Crippen molar-refractivity contribution in [1.29, 1.82) is 0 Å². The third kappa shape index (κ3) is 1.66. The predicted octanol–water partition coefficient (Wildman–Crippen LogP) is 3.54. The van der Waals surface area contributed by atoms with Crippen LogP contribution < -0.4 is 0 Å². The van der Waals surface area contributed by atoms with Gasteiger partial charge < -0.3 is 5.11 Å². The fourth-order valence-corrected chi connectivity index (χ4v) is 6.50. The summed E-state index contributed by atoms with van der Waals surface area (Å²) in [6.07, 6.45) is 5.17. The molecule has 0 aromatic carbocycles. The van der Waals surface area contributed by atoms with E-state index in [9.17, 15) is 14.7 Å². The molecule has 132 valence electrons. The van der Waals surface area contributed by atoms with Gasteiger partial charge in [-0.15, -0.1) is 0 Å². The molecule has 4 rings (SSSR count). The minimum atomic E-state index is -1.89. The van der Waals surface area contributed by atoms with Crippen LogP contribution in [0.5, 0.6) is 0 Å². The van der Waals surface area contributed by atoms with Gasteiger partial charge in [0, 0.05) is 29.6 Å². The van der Waals surface area contributed by atoms with E-state index >= 15 is 4.39 Å². The molecule has 0 radical (unpaired) electrons. The zero-order valence-electron chi connectivity index (χ0n) is 14.8. The zero-order chi connectivity index (χ0) is 17.5. The molecule has 24 heavy (non-hydrogen) atoms. The number of fused-ring (bicyclic) bond motifs is 5. The number of Topliss-reactive ketones (excluding diaryl/α,β-unsaturated/α-hetero) is 1. The molecule has 4 heteroatoms. The van der Waals surface area contributed by atoms with Gasteiger partial charge in [0.15, 0.2) is 17.2 Å². The molecule has 0 aliphatic heterocycles. The van der Waals surface area contributed by atoms with E-state index in [1.807, 2.05) is 13.8 Å². The average molecular weight is 334 g/mol. The summed E-state index contributed by atoms with van der Waals surface area (Å²) in [5, 5.41) is 10.8. The number of aliphatic hydroxyl groups is 1. The second-order valence-corrected chi connectivity index (χ2v) is 9.26. The molecule has 0 spiro atoms. The van der Waals surface area contributed by atoms with Crippen LogP contribution in [0.3, 0.4) is 0 Å². The number of hydrogen-bond donors (Lipinski definition) is 1. The number of allylic oxidation sites excluding steroid dienone is 1. The molecule has 3 unspecified atom stereocenters. The summed E-state index contributed by atoms with van der Waals surface area (Å²) < 4.78 is 16.5. The van der Waals surface area contributed by atoms with Crippen molar-refractivity contribution in [3.05, 3.63) is 11.6 Å². The number of carbonyl (C=O) groups excluding carboxylic acids is 2. The second-order valence-electron chi connectivity index (χ2n) is 9.26. The van der Waals surface area contributed by atoms with Crippen LogP contribution in [0.4, 0.5) is 4.39 Å². The number of alkyl halides is 1. The molecule has 4 aliphatic carbocycles. The molecule has 1 N–H and O–H groups in total. The van der Waals surface area contributed by atoms with Crippen LogP contribution in [0.1, 0.15) is 65.7 Å². The third-order valence-corrected chi connectivity index (χ3v) is 8.36. The van der Waals surface area contributed by atoms with Crippen molar-refractivity contribution < 1.29 is 19.1 Å². The van der Waals surface area contributed by atoms with E-state index in [2.05, 4.69) is 0 Å². The van der Waals surface area contributed by atoms with E-state index in [1.54, 1.807) is 13.0 Å². The standard InChI is InChI=1S/C20H27FO3/c1-17-8-6-13(22)10-12(17)4-5-15-14-7-9-19(3,24)18(14,2)11-16(23)20(15,17)21/h10,14-15,24H,4-9,11H2,1-3H3/t14?,15?,17-,18?,19-,20-/m1/s1. The van der Waals surface area contributed by atoms with Crippen molar-refractivity contribution in [2.75, 3.05) is 0 Å². The first-order chi connectivity index (χ1) is 11.1. The Bertz CT molecular complexity index is 666. The molecule has 3 nitrogen and oxygen atoms in total. The molecule has 3 saturated carbocycles. The van der Waals surface area contributed by atoms with Crippen LogP contribution in [0, 0.1) is 22.7 Å². The summed E-state index contributed by atoms with van der Waals surface area (Å²) in [4.78, 5) is 24.9. The van der Waals surface area contributed by atoms with Crippen molar-refractivity contribution in [2.45, 2.75) is 77.0 Å². The minimum absolute atomic E-state index is 0.0335. The fraction of sp³-hybridized carbons (Fsp3) is 0.800. The highest BCUT2D eigenvalue weighted by molar-refractivity contribution is 5.95. The molecule has 0 bridgehead atoms. The van der Waals surface area contributed by atoms with Crippen LogP contribution in [-0.4, -0.2) is 27.9 Å². The lowest BCUT2D eigenvalue weighted by Crippen LogP contribution is -2.66. The summed E-state index contributed by atoms with van der Waals surface area (Å²) in [5.74, 6) is -0.600. The first-order valence-corrected chi connectivity index (χ1v) is 9.25. The number of rotatable bonds is 0. The number of carbonyl (C=O) groups is 2. The summed E-state index contributed by atoms with van der Waals surface area (Å²) in [6, 6.07) is 0. The molecular formula is C20H27FO3. The highest BCUT2D eigenvalue weighted by Gasteiger charge is 2.72. The molecule has 3 fully saturated rings. The Kier molecular flexibility index (Phi) is 3.13. The zero-order valence-corrected chi connectivity index (χ0v) is 14.8. The molecule has 0 aromatic rings. The van der Waals surface area contributed by atoms with Gasteiger partial charge in [-0.25, -0.2) is 4.39 Å². The SMILES string of the molecule is CC12CC(=O)[C@]3(F)C(CCC4=CC(=O)CC[C@]43C)C1CC[C@@]2(C)O. The summed E-state index contributed by atoms with van der Waals surface area (Å²) in [6.45, 7) is 5.63. The Morgan fingerprint density at radius 2 is 1.79 bits per heavy atom. The maximum absolute atomic E-state index is 16.5. The van der Waals surface area contributed by atoms with Gasteiger partial charge in [0.1, 0.15) is 0 Å². The molecular weight excluding hydrogens is 307 g/mol. The Morgan fingerprint density at radius 3 is 2.50 bits per heavy atom. The minimum Gasteiger partial charge on any atom is -0.390 e. The van der Waals surface area contributed by atoms with Crippen LogP contribution >= 0.6 is 0 Å². The molecule has 6 atom stereocenters. The van der Waals surface area contributed by atoms with Gasteiger partial charge in [0.05, 0.1) is 5.60 Å². The maximum Gasteiger partial charge on any atom is 0.180 e. The smallest absolute Gasteiger partial charge is 0.180 e. The fourth-order valence-electron chi connectivity index (χ4n) is 6.50. The highest BCUT2D eigenvalue weighted by Crippen LogP contribution is 2.68. The summed E-state index contributed by atoms with van der Waals surface area (Å²) >= 11 is 0. The summed E-state index contributed by atoms with van der Waals surface area (Å²) in [7, 11) is 0. The Labute approximate surface area is 142 Å². The first kappa shape index (κ1) is 16.4. The predicted molar refractivity (Wildman–Crippen MR) is 88.1 cm³/mol. The van der Waals surface area contributed by atoms with Crippen molar-refractivity contribution in [1.82, 2.24) is 0 Å². The maximum atomic E-state index is 16.5. The van der Waals surface area contributed by atoms with Gasteiger partial charge in [-0.2, -0.15) is 0 Å². The number of halogens is 1. The van der Waals surface area contributed by atoms with Crippen molar-refractivity contribution in [2.24, 2.45) is 22.7 Å². The van der Waals surface area contributed by atoms with Gasteiger partial charge in [0.2, 0.25) is 0 Å². The van der Waals surface area contributed by atoms with Crippen LogP contribution in [0.25, 0.3) is 0 Å². The van der Waals surface area contributed by atoms with Gasteiger partial charge in [-0.05, 0) is 51.0 Å². The molecule has 0 saturated heterocycles. The van der Waals surface area contributed by atoms with E-state index in [0.717, 1.165) is 12.0 Å². The highest BCUT2D eigenvalue weighted by atomic mass is 19.1. The Balaban J connectivity index is 1.84. The van der Waals surface area contributed by atoms with Gasteiger partial charge in [0.25, 0.3) is 0 Å². The van der Waals surface area contributed by atoms with E-state index in [4.69, 9.17) is 0 Å². The van der Waals surface area contributed by atoms with E-state index in [0.29, 0.717) is 32.1 Å². The lowest BCUT2D eigenvalue weighted by Gasteiger charge is -2.60. The Hall–Kier alpha value is -1.03. The van der Waals surface area contributed by atoms with E-state index < -0.39 is 22.1 Å². The third-order valence-electron chi connectivity index (χ3n) is 8.36.